The number of hydrogen-bond acceptors (Lipinski definition) is 3. The van der Waals surface area contributed by atoms with Gasteiger partial charge in [-0.05, 0) is 30.5 Å². The van der Waals surface area contributed by atoms with E-state index in [4.69, 9.17) is 22.1 Å². The molecule has 19 heavy (non-hydrogen) atoms. The van der Waals surface area contributed by atoms with Crippen LogP contribution in [-0.2, 0) is 4.74 Å². The molecular formula is C15H25ClN2O. The second-order valence-electron chi connectivity index (χ2n) is 5.33. The molecular weight excluding hydrogens is 260 g/mol. The summed E-state index contributed by atoms with van der Waals surface area (Å²) in [6, 6.07) is 6.06. The average Bonchev–Trinajstić information content (AvgIpc) is 2.33. The Morgan fingerprint density at radius 3 is 2.47 bits per heavy atom. The van der Waals surface area contributed by atoms with E-state index in [1.54, 1.807) is 7.11 Å². The third kappa shape index (κ3) is 5.01. The van der Waals surface area contributed by atoms with Crippen LogP contribution in [0.25, 0.3) is 0 Å². The molecule has 4 heteroatoms. The number of anilines is 1. The fraction of sp³-hybridized carbons (Fsp3) is 0.600. The first-order valence-electron chi connectivity index (χ1n) is 6.74. The molecule has 0 bridgehead atoms. The number of halogens is 1. The molecule has 0 amide bonds. The Balaban J connectivity index is 2.92. The van der Waals surface area contributed by atoms with Gasteiger partial charge in [0.2, 0.25) is 0 Å². The van der Waals surface area contributed by atoms with E-state index in [1.165, 1.54) is 0 Å². The minimum atomic E-state index is -0.0425. The molecule has 0 fully saturated rings. The highest BCUT2D eigenvalue weighted by Gasteiger charge is 2.12. The minimum absolute atomic E-state index is 0.0425. The Bertz CT molecular complexity index is 394. The largest absolute Gasteiger partial charge is 0.383 e. The summed E-state index contributed by atoms with van der Waals surface area (Å²) in [4.78, 5) is 2.30. The van der Waals surface area contributed by atoms with E-state index in [2.05, 4.69) is 24.8 Å². The molecule has 0 aliphatic rings. The summed E-state index contributed by atoms with van der Waals surface area (Å²) in [6.45, 7) is 8.91. The zero-order valence-corrected chi connectivity index (χ0v) is 13.1. The van der Waals surface area contributed by atoms with Gasteiger partial charge in [-0.25, -0.2) is 0 Å². The summed E-state index contributed by atoms with van der Waals surface area (Å²) < 4.78 is 5.17. The van der Waals surface area contributed by atoms with Crippen LogP contribution in [0.5, 0.6) is 0 Å². The molecule has 1 rings (SSSR count). The van der Waals surface area contributed by atoms with Gasteiger partial charge in [0, 0.05) is 37.0 Å². The zero-order chi connectivity index (χ0) is 14.4. The second kappa shape index (κ2) is 7.73. The predicted octanol–water partition coefficient (Wildman–Crippen LogP) is 3.47. The molecule has 1 aromatic rings. The molecule has 1 aromatic carbocycles. The molecule has 3 nitrogen and oxygen atoms in total. The Labute approximate surface area is 121 Å². The molecule has 0 heterocycles. The maximum Gasteiger partial charge on any atom is 0.0637 e. The quantitative estimate of drug-likeness (QED) is 0.833. The van der Waals surface area contributed by atoms with Crippen molar-refractivity contribution in [2.75, 3.05) is 31.7 Å². The maximum atomic E-state index is 6.30. The van der Waals surface area contributed by atoms with Gasteiger partial charge in [-0.2, -0.15) is 0 Å². The number of nitrogens with two attached hydrogens (primary N) is 1. The van der Waals surface area contributed by atoms with Crippen LogP contribution in [0.2, 0.25) is 5.02 Å². The molecule has 0 aliphatic carbocycles. The van der Waals surface area contributed by atoms with Crippen molar-refractivity contribution in [3.8, 4) is 0 Å². The number of ether oxygens (including phenoxy) is 1. The molecule has 0 spiro atoms. The molecule has 108 valence electrons. The number of hydrogen-bond donors (Lipinski definition) is 1. The second-order valence-corrected chi connectivity index (χ2v) is 5.73. The number of nitrogens with zero attached hydrogens (tertiary/aromatic N) is 1. The van der Waals surface area contributed by atoms with Crippen molar-refractivity contribution in [3.05, 3.63) is 28.8 Å². The van der Waals surface area contributed by atoms with E-state index in [0.29, 0.717) is 12.5 Å². The first-order valence-corrected chi connectivity index (χ1v) is 7.12. The van der Waals surface area contributed by atoms with Crippen LogP contribution >= 0.6 is 11.6 Å². The summed E-state index contributed by atoms with van der Waals surface area (Å²) in [5.74, 6) is 0.587. The first-order chi connectivity index (χ1) is 8.95. The van der Waals surface area contributed by atoms with E-state index in [9.17, 15) is 0 Å². The number of benzene rings is 1. The molecule has 2 N–H and O–H groups in total. The SMILES string of the molecule is COCCN(CC(C)C)c1ccc(C(C)N)c(Cl)c1. The van der Waals surface area contributed by atoms with Crippen LogP contribution in [0.4, 0.5) is 5.69 Å². The topological polar surface area (TPSA) is 38.5 Å². The fourth-order valence-corrected chi connectivity index (χ4v) is 2.40. The smallest absolute Gasteiger partial charge is 0.0637 e. The Hall–Kier alpha value is -0.770. The lowest BCUT2D eigenvalue weighted by Crippen LogP contribution is -2.31. The highest BCUT2D eigenvalue weighted by atomic mass is 35.5. The van der Waals surface area contributed by atoms with Crippen molar-refractivity contribution < 1.29 is 4.74 Å². The van der Waals surface area contributed by atoms with Crippen LogP contribution in [0.3, 0.4) is 0 Å². The third-order valence-corrected chi connectivity index (χ3v) is 3.32. The molecule has 0 radical (unpaired) electrons. The van der Waals surface area contributed by atoms with Crippen molar-refractivity contribution >= 4 is 17.3 Å². The normalized spacial score (nSPS) is 12.8. The molecule has 0 aromatic heterocycles. The van der Waals surface area contributed by atoms with Gasteiger partial charge in [0.15, 0.2) is 0 Å². The molecule has 1 unspecified atom stereocenters. The number of rotatable bonds is 7. The third-order valence-electron chi connectivity index (χ3n) is 2.99. The van der Waals surface area contributed by atoms with Crippen molar-refractivity contribution in [2.45, 2.75) is 26.8 Å². The minimum Gasteiger partial charge on any atom is -0.383 e. The average molecular weight is 285 g/mol. The van der Waals surface area contributed by atoms with Gasteiger partial charge in [0.25, 0.3) is 0 Å². The van der Waals surface area contributed by atoms with Gasteiger partial charge in [0.1, 0.15) is 0 Å². The fourth-order valence-electron chi connectivity index (χ4n) is 2.05. The lowest BCUT2D eigenvalue weighted by Gasteiger charge is -2.27. The van der Waals surface area contributed by atoms with E-state index >= 15 is 0 Å². The van der Waals surface area contributed by atoms with Gasteiger partial charge in [-0.1, -0.05) is 31.5 Å². The summed E-state index contributed by atoms with van der Waals surface area (Å²) in [7, 11) is 1.72. The first kappa shape index (κ1) is 16.3. The van der Waals surface area contributed by atoms with Gasteiger partial charge in [0.05, 0.1) is 6.61 Å². The van der Waals surface area contributed by atoms with Crippen molar-refractivity contribution in [2.24, 2.45) is 11.7 Å². The van der Waals surface area contributed by atoms with Crippen LogP contribution in [0, 0.1) is 5.92 Å². The predicted molar refractivity (Wildman–Crippen MR) is 83.0 cm³/mol. The molecule has 0 aliphatic heterocycles. The van der Waals surface area contributed by atoms with Crippen LogP contribution in [0.15, 0.2) is 18.2 Å². The van der Waals surface area contributed by atoms with Crippen molar-refractivity contribution in [1.29, 1.82) is 0 Å². The summed E-state index contributed by atoms with van der Waals surface area (Å²) >= 11 is 6.30. The highest BCUT2D eigenvalue weighted by Crippen LogP contribution is 2.27. The van der Waals surface area contributed by atoms with Gasteiger partial charge >= 0.3 is 0 Å². The van der Waals surface area contributed by atoms with E-state index in [1.807, 2.05) is 19.1 Å². The van der Waals surface area contributed by atoms with E-state index in [0.717, 1.165) is 29.4 Å². The van der Waals surface area contributed by atoms with Gasteiger partial charge < -0.3 is 15.4 Å². The van der Waals surface area contributed by atoms with Gasteiger partial charge in [-0.15, -0.1) is 0 Å². The standard InChI is InChI=1S/C15H25ClN2O/c1-11(2)10-18(7-8-19-4)13-5-6-14(12(3)17)15(16)9-13/h5-6,9,11-12H,7-8,10,17H2,1-4H3. The number of methoxy groups -OCH3 is 1. The van der Waals surface area contributed by atoms with Crippen LogP contribution in [0.1, 0.15) is 32.4 Å². The lowest BCUT2D eigenvalue weighted by molar-refractivity contribution is 0.204. The summed E-state index contributed by atoms with van der Waals surface area (Å²) in [5.41, 5.74) is 8.00. The van der Waals surface area contributed by atoms with E-state index < -0.39 is 0 Å². The van der Waals surface area contributed by atoms with Crippen molar-refractivity contribution in [3.63, 3.8) is 0 Å². The summed E-state index contributed by atoms with van der Waals surface area (Å²) in [6.07, 6.45) is 0. The van der Waals surface area contributed by atoms with Gasteiger partial charge in [-0.3, -0.25) is 0 Å². The van der Waals surface area contributed by atoms with Crippen molar-refractivity contribution in [1.82, 2.24) is 0 Å². The monoisotopic (exact) mass is 284 g/mol. The lowest BCUT2D eigenvalue weighted by atomic mass is 10.1. The molecule has 1 atom stereocenters. The molecule has 0 saturated carbocycles. The Kier molecular flexibility index (Phi) is 6.63. The Morgan fingerprint density at radius 2 is 2.00 bits per heavy atom. The Morgan fingerprint density at radius 1 is 1.32 bits per heavy atom. The van der Waals surface area contributed by atoms with Crippen LogP contribution in [-0.4, -0.2) is 26.8 Å². The van der Waals surface area contributed by atoms with Crippen LogP contribution < -0.4 is 10.6 Å². The summed E-state index contributed by atoms with van der Waals surface area (Å²) in [5, 5.41) is 0.735. The van der Waals surface area contributed by atoms with E-state index in [-0.39, 0.29) is 6.04 Å². The zero-order valence-electron chi connectivity index (χ0n) is 12.3. The highest BCUT2D eigenvalue weighted by molar-refractivity contribution is 6.31. The maximum absolute atomic E-state index is 6.30. The molecule has 0 saturated heterocycles.